The molecule has 0 bridgehead atoms. The van der Waals surface area contributed by atoms with Crippen molar-refractivity contribution in [3.05, 3.63) is 41.9 Å². The molecule has 1 heterocycles. The fourth-order valence-corrected chi connectivity index (χ4v) is 3.42. The minimum atomic E-state index is -0.261. The van der Waals surface area contributed by atoms with E-state index in [0.29, 0.717) is 29.8 Å². The number of hydrogen-bond donors (Lipinski definition) is 2. The first kappa shape index (κ1) is 19.9. The third kappa shape index (κ3) is 5.34. The van der Waals surface area contributed by atoms with E-state index in [-0.39, 0.29) is 5.91 Å². The summed E-state index contributed by atoms with van der Waals surface area (Å²) in [5.41, 5.74) is 1.21. The molecule has 0 atom stereocenters. The van der Waals surface area contributed by atoms with Crippen molar-refractivity contribution in [3.8, 4) is 11.5 Å². The topological polar surface area (TPSA) is 85.4 Å². The van der Waals surface area contributed by atoms with Crippen molar-refractivity contribution >= 4 is 11.7 Å². The predicted octanol–water partition coefficient (Wildman–Crippen LogP) is 3.56. The summed E-state index contributed by atoms with van der Waals surface area (Å²) in [4.78, 5) is 21.0. The van der Waals surface area contributed by atoms with E-state index in [1.54, 1.807) is 20.4 Å². The molecule has 2 N–H and O–H groups in total. The van der Waals surface area contributed by atoms with Gasteiger partial charge in [-0.15, -0.1) is 0 Å². The zero-order valence-corrected chi connectivity index (χ0v) is 16.5. The van der Waals surface area contributed by atoms with Crippen LogP contribution in [0, 0.1) is 0 Å². The standard InChI is InChI=1S/C21H28N4O3/c1-27-18-10-9-15(11-19(18)28-2)12-24-21(26)17-13-23-20(14-22-17)25-16-7-5-3-4-6-8-16/h9-11,13-14,16H,3-8,12H2,1-2H3,(H,23,25)(H,24,26). The van der Waals surface area contributed by atoms with Gasteiger partial charge < -0.3 is 20.1 Å². The average Bonchev–Trinajstić information content (AvgIpc) is 3.01. The molecule has 1 amide bonds. The third-order valence-electron chi connectivity index (χ3n) is 4.99. The number of amides is 1. The molecule has 0 saturated heterocycles. The highest BCUT2D eigenvalue weighted by molar-refractivity contribution is 5.91. The minimum Gasteiger partial charge on any atom is -0.493 e. The number of nitrogens with one attached hydrogen (secondary N) is 2. The molecular weight excluding hydrogens is 356 g/mol. The summed E-state index contributed by atoms with van der Waals surface area (Å²) >= 11 is 0. The minimum absolute atomic E-state index is 0.261. The van der Waals surface area contributed by atoms with Gasteiger partial charge in [0.1, 0.15) is 11.5 Å². The molecular formula is C21H28N4O3. The summed E-state index contributed by atoms with van der Waals surface area (Å²) in [6.07, 6.45) is 10.6. The van der Waals surface area contributed by atoms with E-state index >= 15 is 0 Å². The van der Waals surface area contributed by atoms with Gasteiger partial charge in [-0.25, -0.2) is 9.97 Å². The maximum Gasteiger partial charge on any atom is 0.271 e. The fraction of sp³-hybridized carbons (Fsp3) is 0.476. The first-order valence-electron chi connectivity index (χ1n) is 9.77. The van der Waals surface area contributed by atoms with E-state index in [0.717, 1.165) is 24.2 Å². The number of benzene rings is 1. The van der Waals surface area contributed by atoms with Gasteiger partial charge in [0.2, 0.25) is 0 Å². The van der Waals surface area contributed by atoms with E-state index in [4.69, 9.17) is 9.47 Å². The van der Waals surface area contributed by atoms with Crippen molar-refractivity contribution in [1.29, 1.82) is 0 Å². The van der Waals surface area contributed by atoms with Crippen LogP contribution in [0.25, 0.3) is 0 Å². The first-order chi connectivity index (χ1) is 13.7. The second-order valence-corrected chi connectivity index (χ2v) is 6.99. The zero-order valence-electron chi connectivity index (χ0n) is 16.5. The molecule has 1 aliphatic rings. The van der Waals surface area contributed by atoms with Gasteiger partial charge in [0.15, 0.2) is 11.5 Å². The summed E-state index contributed by atoms with van der Waals surface area (Å²) in [5, 5.41) is 6.29. The SMILES string of the molecule is COc1ccc(CNC(=O)c2cnc(NC3CCCCCC3)cn2)cc1OC. The average molecular weight is 384 g/mol. The summed E-state index contributed by atoms with van der Waals surface area (Å²) in [5.74, 6) is 1.75. The molecule has 1 aliphatic carbocycles. The van der Waals surface area contributed by atoms with E-state index in [1.165, 1.54) is 31.9 Å². The predicted molar refractivity (Wildman–Crippen MR) is 108 cm³/mol. The molecule has 1 aromatic carbocycles. The van der Waals surface area contributed by atoms with Crippen LogP contribution < -0.4 is 20.1 Å². The van der Waals surface area contributed by atoms with Crippen molar-refractivity contribution in [3.63, 3.8) is 0 Å². The number of carbonyl (C=O) groups excluding carboxylic acids is 1. The van der Waals surface area contributed by atoms with Gasteiger partial charge in [-0.2, -0.15) is 0 Å². The lowest BCUT2D eigenvalue weighted by Crippen LogP contribution is -2.24. The molecule has 7 nitrogen and oxygen atoms in total. The molecule has 0 unspecified atom stereocenters. The lowest BCUT2D eigenvalue weighted by atomic mass is 10.1. The Morgan fingerprint density at radius 1 is 1.04 bits per heavy atom. The number of methoxy groups -OCH3 is 2. The number of hydrogen-bond acceptors (Lipinski definition) is 6. The lowest BCUT2D eigenvalue weighted by molar-refractivity contribution is 0.0945. The highest BCUT2D eigenvalue weighted by Gasteiger charge is 2.14. The van der Waals surface area contributed by atoms with Crippen LogP contribution in [0.1, 0.15) is 54.6 Å². The number of aromatic nitrogens is 2. The molecule has 28 heavy (non-hydrogen) atoms. The van der Waals surface area contributed by atoms with Gasteiger partial charge in [0, 0.05) is 12.6 Å². The van der Waals surface area contributed by atoms with Crippen LogP contribution >= 0.6 is 0 Å². The van der Waals surface area contributed by atoms with Crippen LogP contribution in [-0.4, -0.2) is 36.1 Å². The molecule has 1 saturated carbocycles. The maximum absolute atomic E-state index is 12.4. The summed E-state index contributed by atoms with van der Waals surface area (Å²) in [6.45, 7) is 0.364. The van der Waals surface area contributed by atoms with Gasteiger partial charge >= 0.3 is 0 Å². The summed E-state index contributed by atoms with van der Waals surface area (Å²) in [7, 11) is 3.17. The quantitative estimate of drug-likeness (QED) is 0.710. The first-order valence-corrected chi connectivity index (χ1v) is 9.77. The van der Waals surface area contributed by atoms with Crippen LogP contribution in [-0.2, 0) is 6.54 Å². The highest BCUT2D eigenvalue weighted by atomic mass is 16.5. The molecule has 0 radical (unpaired) electrons. The maximum atomic E-state index is 12.4. The zero-order chi connectivity index (χ0) is 19.8. The number of anilines is 1. The van der Waals surface area contributed by atoms with Gasteiger partial charge in [0.05, 0.1) is 26.6 Å². The van der Waals surface area contributed by atoms with E-state index in [2.05, 4.69) is 20.6 Å². The Bertz CT molecular complexity index is 772. The Labute approximate surface area is 165 Å². The van der Waals surface area contributed by atoms with Crippen molar-refractivity contribution in [2.24, 2.45) is 0 Å². The molecule has 7 heteroatoms. The Morgan fingerprint density at radius 2 is 1.79 bits per heavy atom. The van der Waals surface area contributed by atoms with Crippen LogP contribution in [0.5, 0.6) is 11.5 Å². The monoisotopic (exact) mass is 384 g/mol. The molecule has 2 aromatic rings. The Balaban J connectivity index is 1.54. The molecule has 0 aliphatic heterocycles. The number of carbonyl (C=O) groups is 1. The summed E-state index contributed by atoms with van der Waals surface area (Å²) < 4.78 is 10.5. The van der Waals surface area contributed by atoms with Crippen molar-refractivity contribution < 1.29 is 14.3 Å². The Morgan fingerprint density at radius 3 is 2.43 bits per heavy atom. The van der Waals surface area contributed by atoms with Crippen LogP contribution in [0.3, 0.4) is 0 Å². The van der Waals surface area contributed by atoms with Crippen molar-refractivity contribution in [2.75, 3.05) is 19.5 Å². The summed E-state index contributed by atoms with van der Waals surface area (Å²) in [6, 6.07) is 5.98. The van der Waals surface area contributed by atoms with Gasteiger partial charge in [-0.1, -0.05) is 31.7 Å². The molecule has 3 rings (SSSR count). The second-order valence-electron chi connectivity index (χ2n) is 6.99. The molecule has 0 spiro atoms. The largest absolute Gasteiger partial charge is 0.493 e. The Kier molecular flexibility index (Phi) is 7.06. The fourth-order valence-electron chi connectivity index (χ4n) is 3.42. The van der Waals surface area contributed by atoms with E-state index in [1.807, 2.05) is 18.2 Å². The second kappa shape index (κ2) is 9.92. The molecule has 150 valence electrons. The third-order valence-corrected chi connectivity index (χ3v) is 4.99. The Hall–Kier alpha value is -2.83. The van der Waals surface area contributed by atoms with Crippen LogP contribution in [0.15, 0.2) is 30.6 Å². The van der Waals surface area contributed by atoms with Crippen LogP contribution in [0.2, 0.25) is 0 Å². The van der Waals surface area contributed by atoms with Crippen molar-refractivity contribution in [1.82, 2.24) is 15.3 Å². The lowest BCUT2D eigenvalue weighted by Gasteiger charge is -2.16. The van der Waals surface area contributed by atoms with Crippen LogP contribution in [0.4, 0.5) is 5.82 Å². The van der Waals surface area contributed by atoms with Gasteiger partial charge in [0.25, 0.3) is 5.91 Å². The smallest absolute Gasteiger partial charge is 0.271 e. The van der Waals surface area contributed by atoms with E-state index in [9.17, 15) is 4.79 Å². The highest BCUT2D eigenvalue weighted by Crippen LogP contribution is 2.27. The molecule has 1 fully saturated rings. The number of ether oxygens (including phenoxy) is 2. The van der Waals surface area contributed by atoms with E-state index < -0.39 is 0 Å². The number of rotatable bonds is 7. The molecule has 1 aromatic heterocycles. The number of nitrogens with zero attached hydrogens (tertiary/aromatic N) is 2. The normalized spacial score (nSPS) is 14.8. The van der Waals surface area contributed by atoms with Gasteiger partial charge in [-0.05, 0) is 30.5 Å². The van der Waals surface area contributed by atoms with Crippen molar-refractivity contribution in [2.45, 2.75) is 51.1 Å². The van der Waals surface area contributed by atoms with Gasteiger partial charge in [-0.3, -0.25) is 4.79 Å².